The highest BCUT2D eigenvalue weighted by Crippen LogP contribution is 2.48. The van der Waals surface area contributed by atoms with Gasteiger partial charge >= 0.3 is 6.18 Å². The SMILES string of the molecule is FC(F)(F)c1cccc(-c2ccc(-n3c4ccc(-c5ccccc5)cc4c4cc(-c5ccccc5)ccc43)cc2-c2nc(-c3ccccc3)nc(-c3ccccc3)n2)c1-n1c2ccc(-c3ccccc3)cc2c2cc(-c3ccccc3)ccc21. The number of fused-ring (bicyclic) bond motifs is 6. The zero-order valence-electron chi connectivity index (χ0n) is 45.1. The second-order valence-corrected chi connectivity index (χ2v) is 21.0. The minimum atomic E-state index is -4.78. The van der Waals surface area contributed by atoms with Crippen LogP contribution < -0.4 is 0 Å². The summed E-state index contributed by atoms with van der Waals surface area (Å²) in [5.74, 6) is 1.14. The van der Waals surface area contributed by atoms with Gasteiger partial charge in [-0.05, 0) is 117 Å². The van der Waals surface area contributed by atoms with Crippen LogP contribution in [0.5, 0.6) is 0 Å². The van der Waals surface area contributed by atoms with E-state index >= 15 is 13.2 Å². The van der Waals surface area contributed by atoms with E-state index in [0.29, 0.717) is 45.2 Å². The first-order chi connectivity index (χ1) is 41.3. The van der Waals surface area contributed by atoms with Crippen molar-refractivity contribution >= 4 is 43.6 Å². The summed E-state index contributed by atoms with van der Waals surface area (Å²) in [6.07, 6.45) is -4.78. The van der Waals surface area contributed by atoms with Crippen molar-refractivity contribution in [3.63, 3.8) is 0 Å². The van der Waals surface area contributed by atoms with Gasteiger partial charge in [0.05, 0.1) is 33.3 Å². The van der Waals surface area contributed by atoms with Crippen LogP contribution in [0.2, 0.25) is 0 Å². The summed E-state index contributed by atoms with van der Waals surface area (Å²) in [5.41, 5.74) is 14.2. The monoisotopic (exact) mass is 1090 g/mol. The molecule has 3 aromatic heterocycles. The van der Waals surface area contributed by atoms with Gasteiger partial charge in [0.15, 0.2) is 17.5 Å². The van der Waals surface area contributed by atoms with Gasteiger partial charge in [-0.25, -0.2) is 15.0 Å². The molecule has 0 saturated carbocycles. The maximum atomic E-state index is 16.4. The quantitative estimate of drug-likeness (QED) is 0.137. The normalized spacial score (nSPS) is 11.8. The Morgan fingerprint density at radius 2 is 0.595 bits per heavy atom. The van der Waals surface area contributed by atoms with E-state index in [1.54, 1.807) is 6.07 Å². The van der Waals surface area contributed by atoms with Gasteiger partial charge in [0.1, 0.15) is 0 Å². The van der Waals surface area contributed by atoms with Crippen LogP contribution in [0.3, 0.4) is 0 Å². The van der Waals surface area contributed by atoms with E-state index in [0.717, 1.165) is 93.9 Å². The third-order valence-corrected chi connectivity index (χ3v) is 16.0. The van der Waals surface area contributed by atoms with Crippen LogP contribution >= 0.6 is 0 Å². The summed E-state index contributed by atoms with van der Waals surface area (Å²) >= 11 is 0. The van der Waals surface area contributed by atoms with Crippen molar-refractivity contribution in [3.05, 3.63) is 297 Å². The van der Waals surface area contributed by atoms with Crippen molar-refractivity contribution in [2.45, 2.75) is 6.18 Å². The minimum Gasteiger partial charge on any atom is -0.309 e. The summed E-state index contributed by atoms with van der Waals surface area (Å²) < 4.78 is 53.2. The van der Waals surface area contributed by atoms with Crippen LogP contribution in [0.4, 0.5) is 13.2 Å². The van der Waals surface area contributed by atoms with E-state index in [1.807, 2.05) is 180 Å². The fourth-order valence-electron chi connectivity index (χ4n) is 12.1. The summed E-state index contributed by atoms with van der Waals surface area (Å²) in [7, 11) is 0. The van der Waals surface area contributed by atoms with Gasteiger partial charge in [-0.2, -0.15) is 13.2 Å². The van der Waals surface area contributed by atoms with Crippen molar-refractivity contribution < 1.29 is 13.2 Å². The second kappa shape index (κ2) is 20.5. The van der Waals surface area contributed by atoms with Crippen molar-refractivity contribution in [1.82, 2.24) is 24.1 Å². The van der Waals surface area contributed by atoms with Gasteiger partial charge < -0.3 is 9.13 Å². The molecule has 84 heavy (non-hydrogen) atoms. The molecule has 0 unspecified atom stereocenters. The maximum Gasteiger partial charge on any atom is 0.418 e. The zero-order chi connectivity index (χ0) is 56.3. The number of rotatable bonds is 10. The molecule has 0 radical (unpaired) electrons. The molecule has 398 valence electrons. The molecule has 0 aliphatic carbocycles. The molecular weight excluding hydrogens is 1040 g/mol. The lowest BCUT2D eigenvalue weighted by Gasteiger charge is -2.22. The predicted molar refractivity (Wildman–Crippen MR) is 337 cm³/mol. The molecular formula is C76H48F3N5. The highest BCUT2D eigenvalue weighted by Gasteiger charge is 2.37. The van der Waals surface area contributed by atoms with Crippen molar-refractivity contribution in [2.75, 3.05) is 0 Å². The topological polar surface area (TPSA) is 48.5 Å². The van der Waals surface area contributed by atoms with Crippen LogP contribution in [0.15, 0.2) is 291 Å². The molecule has 3 heterocycles. The van der Waals surface area contributed by atoms with Gasteiger partial charge in [0.2, 0.25) is 0 Å². The molecule has 0 atom stereocenters. The summed E-state index contributed by atoms with van der Waals surface area (Å²) in [5, 5.41) is 3.73. The number of halogens is 3. The summed E-state index contributed by atoms with van der Waals surface area (Å²) in [6.45, 7) is 0. The molecule has 12 aromatic carbocycles. The minimum absolute atomic E-state index is 0.0155. The Kier molecular flexibility index (Phi) is 12.2. The standard InChI is InChI=1S/C76H48F3N5/c77-76(78,79)67-33-19-32-61(72(67)84-70-42-36-57(51-24-11-3-12-25-51)46-64(70)65-47-58(37-43-71(65)84)52-26-13-4-14-27-52)60-39-38-59(48-66(60)75-81-73(53-28-15-5-16-29-53)80-74(82-75)54-30-17-6-18-31-54)83-68-40-34-55(49-20-7-1-8-21-49)44-62(68)63-45-56(35-41-69(63)83)50-22-9-2-10-23-50/h1-48H. The molecule has 0 saturated heterocycles. The number of alkyl halides is 3. The van der Waals surface area contributed by atoms with Crippen LogP contribution in [-0.2, 0) is 6.18 Å². The average molecular weight is 1090 g/mol. The molecule has 0 bridgehead atoms. The van der Waals surface area contributed by atoms with E-state index in [9.17, 15) is 0 Å². The third-order valence-electron chi connectivity index (χ3n) is 16.0. The van der Waals surface area contributed by atoms with E-state index < -0.39 is 11.7 Å². The number of para-hydroxylation sites is 1. The number of hydrogen-bond acceptors (Lipinski definition) is 3. The Labute approximate surface area is 482 Å². The molecule has 0 N–H and O–H groups in total. The van der Waals surface area contributed by atoms with E-state index in [4.69, 9.17) is 15.0 Å². The lowest BCUT2D eigenvalue weighted by molar-refractivity contribution is -0.137. The second-order valence-electron chi connectivity index (χ2n) is 21.0. The van der Waals surface area contributed by atoms with E-state index in [-0.39, 0.29) is 5.69 Å². The molecule has 0 fully saturated rings. The Bertz CT molecular complexity index is 4710. The molecule has 0 aliphatic heterocycles. The third kappa shape index (κ3) is 8.89. The van der Waals surface area contributed by atoms with Crippen LogP contribution in [-0.4, -0.2) is 24.1 Å². The highest BCUT2D eigenvalue weighted by atomic mass is 19.4. The molecule has 0 amide bonds. The fraction of sp³-hybridized carbons (Fsp3) is 0.0132. The van der Waals surface area contributed by atoms with Crippen molar-refractivity contribution in [3.8, 4) is 101 Å². The van der Waals surface area contributed by atoms with Gasteiger partial charge in [-0.1, -0.05) is 224 Å². The van der Waals surface area contributed by atoms with Gasteiger partial charge in [-0.15, -0.1) is 0 Å². The summed E-state index contributed by atoms with van der Waals surface area (Å²) in [6, 6.07) is 96.1. The molecule has 5 nitrogen and oxygen atoms in total. The lowest BCUT2D eigenvalue weighted by atomic mass is 9.94. The Morgan fingerprint density at radius 3 is 0.964 bits per heavy atom. The first-order valence-electron chi connectivity index (χ1n) is 27.9. The molecule has 0 aliphatic rings. The first-order valence-corrected chi connectivity index (χ1v) is 27.9. The van der Waals surface area contributed by atoms with Crippen molar-refractivity contribution in [2.24, 2.45) is 0 Å². The molecule has 0 spiro atoms. The van der Waals surface area contributed by atoms with Gasteiger partial charge in [0.25, 0.3) is 0 Å². The van der Waals surface area contributed by atoms with Crippen LogP contribution in [0.1, 0.15) is 5.56 Å². The maximum absolute atomic E-state index is 16.4. The number of aromatic nitrogens is 5. The summed E-state index contributed by atoms with van der Waals surface area (Å²) in [4.78, 5) is 15.7. The molecule has 8 heteroatoms. The zero-order valence-corrected chi connectivity index (χ0v) is 45.1. The molecule has 15 rings (SSSR count). The van der Waals surface area contributed by atoms with Crippen LogP contribution in [0, 0.1) is 0 Å². The Morgan fingerprint density at radius 1 is 0.250 bits per heavy atom. The number of nitrogens with zero attached hydrogens (tertiary/aromatic N) is 5. The Hall–Kier alpha value is -11.0. The van der Waals surface area contributed by atoms with Crippen molar-refractivity contribution in [1.29, 1.82) is 0 Å². The highest BCUT2D eigenvalue weighted by molar-refractivity contribution is 6.14. The van der Waals surface area contributed by atoms with Gasteiger partial charge in [-0.3, -0.25) is 0 Å². The molecule has 15 aromatic rings. The predicted octanol–water partition coefficient (Wildman–Crippen LogP) is 20.4. The van der Waals surface area contributed by atoms with E-state index in [1.165, 1.54) is 12.1 Å². The number of benzene rings is 12. The van der Waals surface area contributed by atoms with E-state index in [2.05, 4.69) is 102 Å². The fourth-order valence-corrected chi connectivity index (χ4v) is 12.1. The van der Waals surface area contributed by atoms with Crippen LogP contribution in [0.25, 0.3) is 145 Å². The first kappa shape index (κ1) is 50.0. The Balaban J connectivity index is 1.03. The largest absolute Gasteiger partial charge is 0.418 e. The smallest absolute Gasteiger partial charge is 0.309 e. The number of hydrogen-bond donors (Lipinski definition) is 0. The average Bonchev–Trinajstić information content (AvgIpc) is 2.00. The van der Waals surface area contributed by atoms with Gasteiger partial charge in [0, 0.05) is 49.5 Å². The lowest BCUT2D eigenvalue weighted by Crippen LogP contribution is -2.12.